The first-order chi connectivity index (χ1) is 10.9. The molecule has 2 rings (SSSR count). The van der Waals surface area contributed by atoms with Crippen LogP contribution in [0, 0.1) is 5.92 Å². The lowest BCUT2D eigenvalue weighted by molar-refractivity contribution is 0.123. The molecular formula is C17H28N4O. The number of nitrogens with one attached hydrogen (secondary N) is 2. The minimum absolute atomic E-state index is 0.799. The SMILES string of the molecule is CCNC(=NCCCOCC1CC1)NCCc1cccnc1. The molecule has 1 aliphatic rings. The maximum absolute atomic E-state index is 5.62. The van der Waals surface area contributed by atoms with Crippen molar-refractivity contribution in [2.75, 3.05) is 32.8 Å². The van der Waals surface area contributed by atoms with Crippen molar-refractivity contribution in [3.63, 3.8) is 0 Å². The van der Waals surface area contributed by atoms with Gasteiger partial charge in [-0.2, -0.15) is 0 Å². The number of nitrogens with zero attached hydrogens (tertiary/aromatic N) is 2. The summed E-state index contributed by atoms with van der Waals surface area (Å²) >= 11 is 0. The van der Waals surface area contributed by atoms with Crippen LogP contribution >= 0.6 is 0 Å². The summed E-state index contributed by atoms with van der Waals surface area (Å²) in [6.07, 6.45) is 8.33. The van der Waals surface area contributed by atoms with E-state index in [1.54, 1.807) is 6.20 Å². The fourth-order valence-corrected chi connectivity index (χ4v) is 2.10. The zero-order valence-corrected chi connectivity index (χ0v) is 13.6. The van der Waals surface area contributed by atoms with Crippen molar-refractivity contribution in [1.82, 2.24) is 15.6 Å². The van der Waals surface area contributed by atoms with Crippen LogP contribution in [0.15, 0.2) is 29.5 Å². The van der Waals surface area contributed by atoms with Gasteiger partial charge in [0.05, 0.1) is 0 Å². The number of guanidine groups is 1. The molecule has 0 spiro atoms. The second-order valence-corrected chi connectivity index (χ2v) is 5.67. The number of aromatic nitrogens is 1. The van der Waals surface area contributed by atoms with E-state index in [0.29, 0.717) is 0 Å². The first-order valence-electron chi connectivity index (χ1n) is 8.37. The summed E-state index contributed by atoms with van der Waals surface area (Å²) in [6, 6.07) is 4.06. The van der Waals surface area contributed by atoms with E-state index in [4.69, 9.17) is 4.74 Å². The third-order valence-corrected chi connectivity index (χ3v) is 3.54. The van der Waals surface area contributed by atoms with Crippen LogP contribution in [0.3, 0.4) is 0 Å². The van der Waals surface area contributed by atoms with Crippen LogP contribution in [0.4, 0.5) is 0 Å². The van der Waals surface area contributed by atoms with Crippen molar-refractivity contribution < 1.29 is 4.74 Å². The summed E-state index contributed by atoms with van der Waals surface area (Å²) in [4.78, 5) is 8.70. The maximum Gasteiger partial charge on any atom is 0.191 e. The predicted molar refractivity (Wildman–Crippen MR) is 90.1 cm³/mol. The summed E-state index contributed by atoms with van der Waals surface area (Å²) in [6.45, 7) is 6.36. The second kappa shape index (κ2) is 10.2. The van der Waals surface area contributed by atoms with Gasteiger partial charge in [0.2, 0.25) is 0 Å². The van der Waals surface area contributed by atoms with Gasteiger partial charge in [0.15, 0.2) is 5.96 Å². The molecule has 1 saturated carbocycles. The third-order valence-electron chi connectivity index (χ3n) is 3.54. The Bertz CT molecular complexity index is 432. The predicted octanol–water partition coefficient (Wildman–Crippen LogP) is 2.00. The van der Waals surface area contributed by atoms with E-state index < -0.39 is 0 Å². The van der Waals surface area contributed by atoms with E-state index in [2.05, 4.69) is 33.6 Å². The summed E-state index contributed by atoms with van der Waals surface area (Å²) in [5.74, 6) is 1.73. The average molecular weight is 304 g/mol. The van der Waals surface area contributed by atoms with Gasteiger partial charge in [0, 0.05) is 45.2 Å². The van der Waals surface area contributed by atoms with Gasteiger partial charge < -0.3 is 15.4 Å². The van der Waals surface area contributed by atoms with Gasteiger partial charge >= 0.3 is 0 Å². The van der Waals surface area contributed by atoms with Crippen LogP contribution in [0.2, 0.25) is 0 Å². The molecule has 5 heteroatoms. The van der Waals surface area contributed by atoms with Crippen LogP contribution in [0.5, 0.6) is 0 Å². The Hall–Kier alpha value is -1.62. The molecule has 0 radical (unpaired) electrons. The number of rotatable bonds is 10. The summed E-state index contributed by atoms with van der Waals surface area (Å²) < 4.78 is 5.62. The fourth-order valence-electron chi connectivity index (χ4n) is 2.10. The highest BCUT2D eigenvalue weighted by Gasteiger charge is 2.20. The van der Waals surface area contributed by atoms with E-state index in [-0.39, 0.29) is 0 Å². The van der Waals surface area contributed by atoms with E-state index >= 15 is 0 Å². The van der Waals surface area contributed by atoms with Crippen LogP contribution in [-0.4, -0.2) is 43.8 Å². The maximum atomic E-state index is 5.62. The molecule has 1 aromatic rings. The molecule has 2 N–H and O–H groups in total. The number of pyridine rings is 1. The smallest absolute Gasteiger partial charge is 0.191 e. The van der Waals surface area contributed by atoms with E-state index in [0.717, 1.165) is 57.6 Å². The van der Waals surface area contributed by atoms with Gasteiger partial charge in [-0.05, 0) is 50.2 Å². The van der Waals surface area contributed by atoms with Crippen molar-refractivity contribution >= 4 is 5.96 Å². The lowest BCUT2D eigenvalue weighted by atomic mass is 10.2. The molecule has 0 aliphatic heterocycles. The first-order valence-corrected chi connectivity index (χ1v) is 8.37. The van der Waals surface area contributed by atoms with Crippen molar-refractivity contribution in [2.45, 2.75) is 32.6 Å². The van der Waals surface area contributed by atoms with E-state index in [1.165, 1.54) is 18.4 Å². The molecule has 0 bridgehead atoms. The van der Waals surface area contributed by atoms with Gasteiger partial charge in [-0.15, -0.1) is 0 Å². The monoisotopic (exact) mass is 304 g/mol. The Morgan fingerprint density at radius 1 is 1.41 bits per heavy atom. The average Bonchev–Trinajstić information content (AvgIpc) is 3.36. The Morgan fingerprint density at radius 2 is 2.32 bits per heavy atom. The Kier molecular flexibility index (Phi) is 7.74. The standard InChI is InChI=1S/C17H28N4O/c1-2-19-17(20-10-4-12-22-14-16-6-7-16)21-11-8-15-5-3-9-18-13-15/h3,5,9,13,16H,2,4,6-8,10-12,14H2,1H3,(H2,19,20,21). The third kappa shape index (κ3) is 7.41. The molecule has 22 heavy (non-hydrogen) atoms. The number of hydrogen-bond donors (Lipinski definition) is 2. The van der Waals surface area contributed by atoms with Gasteiger partial charge in [0.25, 0.3) is 0 Å². The second-order valence-electron chi connectivity index (χ2n) is 5.67. The molecule has 1 aliphatic carbocycles. The normalized spacial score (nSPS) is 14.9. The molecule has 1 fully saturated rings. The molecule has 0 saturated heterocycles. The van der Waals surface area contributed by atoms with Gasteiger partial charge in [-0.3, -0.25) is 9.98 Å². The van der Waals surface area contributed by atoms with Crippen LogP contribution in [0.1, 0.15) is 31.7 Å². The van der Waals surface area contributed by atoms with Crippen molar-refractivity contribution in [2.24, 2.45) is 10.9 Å². The van der Waals surface area contributed by atoms with Crippen molar-refractivity contribution in [3.05, 3.63) is 30.1 Å². The molecule has 0 amide bonds. The topological polar surface area (TPSA) is 58.5 Å². The minimum Gasteiger partial charge on any atom is -0.381 e. The molecular weight excluding hydrogens is 276 g/mol. The molecule has 122 valence electrons. The Balaban J connectivity index is 1.58. The van der Waals surface area contributed by atoms with Crippen LogP contribution in [0.25, 0.3) is 0 Å². The van der Waals surface area contributed by atoms with Crippen LogP contribution in [-0.2, 0) is 11.2 Å². The number of aliphatic imine (C=N–C) groups is 1. The number of ether oxygens (including phenoxy) is 1. The van der Waals surface area contributed by atoms with E-state index in [1.807, 2.05) is 12.3 Å². The fraction of sp³-hybridized carbons (Fsp3) is 0.647. The molecule has 1 aromatic heterocycles. The lowest BCUT2D eigenvalue weighted by Crippen LogP contribution is -2.38. The molecule has 0 unspecified atom stereocenters. The van der Waals surface area contributed by atoms with Gasteiger partial charge in [0.1, 0.15) is 0 Å². The Morgan fingerprint density at radius 3 is 3.05 bits per heavy atom. The zero-order valence-electron chi connectivity index (χ0n) is 13.6. The lowest BCUT2D eigenvalue weighted by Gasteiger charge is -2.11. The molecule has 0 aromatic carbocycles. The van der Waals surface area contributed by atoms with E-state index in [9.17, 15) is 0 Å². The highest BCUT2D eigenvalue weighted by atomic mass is 16.5. The largest absolute Gasteiger partial charge is 0.381 e. The summed E-state index contributed by atoms with van der Waals surface area (Å²) in [5, 5.41) is 6.63. The molecule has 5 nitrogen and oxygen atoms in total. The summed E-state index contributed by atoms with van der Waals surface area (Å²) in [7, 11) is 0. The van der Waals surface area contributed by atoms with Crippen molar-refractivity contribution in [1.29, 1.82) is 0 Å². The Labute approximate surface area is 133 Å². The molecule has 0 atom stereocenters. The highest BCUT2D eigenvalue weighted by molar-refractivity contribution is 5.79. The zero-order chi connectivity index (χ0) is 15.5. The van der Waals surface area contributed by atoms with Gasteiger partial charge in [-0.1, -0.05) is 6.07 Å². The summed E-state index contributed by atoms with van der Waals surface area (Å²) in [5.41, 5.74) is 1.24. The van der Waals surface area contributed by atoms with Crippen molar-refractivity contribution in [3.8, 4) is 0 Å². The highest BCUT2D eigenvalue weighted by Crippen LogP contribution is 2.28. The quantitative estimate of drug-likeness (QED) is 0.394. The van der Waals surface area contributed by atoms with Crippen LogP contribution < -0.4 is 10.6 Å². The van der Waals surface area contributed by atoms with Gasteiger partial charge in [-0.25, -0.2) is 0 Å². The number of hydrogen-bond acceptors (Lipinski definition) is 3. The molecule has 1 heterocycles. The first kappa shape index (κ1) is 16.7. The minimum atomic E-state index is 0.799.